The van der Waals surface area contributed by atoms with Gasteiger partial charge in [0.25, 0.3) is 0 Å². The fourth-order valence-corrected chi connectivity index (χ4v) is 1.14. The highest BCUT2D eigenvalue weighted by atomic mass is 14.9. The van der Waals surface area contributed by atoms with Gasteiger partial charge < -0.3 is 0 Å². The Hall–Kier alpha value is -1.33. The van der Waals surface area contributed by atoms with E-state index in [-0.39, 0.29) is 0 Å². The predicted octanol–water partition coefficient (Wildman–Crippen LogP) is 2.17. The van der Waals surface area contributed by atoms with Crippen LogP contribution in [0.1, 0.15) is 12.5 Å². The largest absolute Gasteiger partial charge is 0.286 e. The lowest BCUT2D eigenvalue weighted by Crippen LogP contribution is -1.87. The monoisotopic (exact) mass is 130 g/mol. The molecular formula is C9H8N+. The maximum absolute atomic E-state index is 3.20. The zero-order valence-electron chi connectivity index (χ0n) is 5.81. The maximum atomic E-state index is 3.20. The van der Waals surface area contributed by atoms with Gasteiger partial charge in [0, 0.05) is 6.07 Å². The molecule has 0 unspecified atom stereocenters. The highest BCUT2D eigenvalue weighted by Gasteiger charge is 2.17. The first kappa shape index (κ1) is 5.45. The average molecular weight is 130 g/mol. The van der Waals surface area contributed by atoms with E-state index in [1.807, 2.05) is 19.1 Å². The van der Waals surface area contributed by atoms with Gasteiger partial charge in [0.15, 0.2) is 5.69 Å². The van der Waals surface area contributed by atoms with Crippen LogP contribution in [0.5, 0.6) is 0 Å². The van der Waals surface area contributed by atoms with E-state index in [1.165, 1.54) is 11.3 Å². The van der Waals surface area contributed by atoms with Crippen LogP contribution in [0.2, 0.25) is 0 Å². The SMILES string of the molecule is CC1=[C+]c2ccccc2N1. The third kappa shape index (κ3) is 0.687. The summed E-state index contributed by atoms with van der Waals surface area (Å²) in [4.78, 5) is 0. The Morgan fingerprint density at radius 3 is 2.90 bits per heavy atom. The minimum Gasteiger partial charge on any atom is -0.286 e. The van der Waals surface area contributed by atoms with Gasteiger partial charge in [0.2, 0.25) is 5.56 Å². The molecule has 0 aromatic heterocycles. The summed E-state index contributed by atoms with van der Waals surface area (Å²) in [6.45, 7) is 2.01. The lowest BCUT2D eigenvalue weighted by molar-refractivity contribution is 1.42. The summed E-state index contributed by atoms with van der Waals surface area (Å²) in [7, 11) is 0. The zero-order valence-corrected chi connectivity index (χ0v) is 5.81. The Kier molecular flexibility index (Phi) is 0.996. The van der Waals surface area contributed by atoms with Gasteiger partial charge in [-0.25, -0.2) is 0 Å². The van der Waals surface area contributed by atoms with Crippen molar-refractivity contribution in [2.45, 2.75) is 6.92 Å². The van der Waals surface area contributed by atoms with Gasteiger partial charge in [-0.1, -0.05) is 0 Å². The van der Waals surface area contributed by atoms with Crippen molar-refractivity contribution in [2.75, 3.05) is 5.32 Å². The lowest BCUT2D eigenvalue weighted by atomic mass is 10.2. The number of rotatable bonds is 0. The van der Waals surface area contributed by atoms with Gasteiger partial charge in [0.1, 0.15) is 5.70 Å². The number of fused-ring (bicyclic) bond motifs is 1. The molecule has 2 rings (SSSR count). The molecule has 0 fully saturated rings. The van der Waals surface area contributed by atoms with E-state index in [0.717, 1.165) is 5.70 Å². The second-order valence-electron chi connectivity index (χ2n) is 2.42. The number of hydrogen-bond acceptors (Lipinski definition) is 1. The molecule has 1 aliphatic heterocycles. The molecule has 0 amide bonds. The van der Waals surface area contributed by atoms with Crippen molar-refractivity contribution < 1.29 is 0 Å². The molecule has 0 atom stereocenters. The van der Waals surface area contributed by atoms with E-state index >= 15 is 0 Å². The Bertz CT molecular complexity index is 287. The fourth-order valence-electron chi connectivity index (χ4n) is 1.14. The van der Waals surface area contributed by atoms with Gasteiger partial charge >= 0.3 is 0 Å². The van der Waals surface area contributed by atoms with Gasteiger partial charge in [-0.05, 0) is 19.1 Å². The first-order chi connectivity index (χ1) is 4.86. The van der Waals surface area contributed by atoms with E-state index in [9.17, 15) is 0 Å². The number of anilines is 1. The van der Waals surface area contributed by atoms with E-state index in [4.69, 9.17) is 0 Å². The lowest BCUT2D eigenvalue weighted by Gasteiger charge is -1.87. The molecule has 1 aromatic carbocycles. The van der Waals surface area contributed by atoms with Crippen molar-refractivity contribution >= 4 is 5.69 Å². The molecule has 1 nitrogen and oxygen atoms in total. The normalized spacial score (nSPS) is 13.1. The summed E-state index contributed by atoms with van der Waals surface area (Å²) < 4.78 is 0. The molecule has 1 N–H and O–H groups in total. The summed E-state index contributed by atoms with van der Waals surface area (Å²) in [5.74, 6) is 0. The summed E-state index contributed by atoms with van der Waals surface area (Å²) in [5, 5.41) is 3.20. The summed E-state index contributed by atoms with van der Waals surface area (Å²) in [6.07, 6.45) is 3.20. The first-order valence-electron chi connectivity index (χ1n) is 3.33. The second-order valence-corrected chi connectivity index (χ2v) is 2.42. The molecular weight excluding hydrogens is 122 g/mol. The Morgan fingerprint density at radius 2 is 2.10 bits per heavy atom. The van der Waals surface area contributed by atoms with Crippen molar-refractivity contribution in [1.82, 2.24) is 0 Å². The van der Waals surface area contributed by atoms with Crippen molar-refractivity contribution in [3.05, 3.63) is 41.6 Å². The van der Waals surface area contributed by atoms with Crippen LogP contribution < -0.4 is 5.32 Å². The summed E-state index contributed by atoms with van der Waals surface area (Å²) >= 11 is 0. The molecule has 0 saturated carbocycles. The van der Waals surface area contributed by atoms with E-state index < -0.39 is 0 Å². The van der Waals surface area contributed by atoms with Crippen molar-refractivity contribution in [2.24, 2.45) is 0 Å². The van der Waals surface area contributed by atoms with Gasteiger partial charge in [-0.3, -0.25) is 5.32 Å². The van der Waals surface area contributed by atoms with Gasteiger partial charge in [0.05, 0.1) is 12.1 Å². The zero-order chi connectivity index (χ0) is 6.97. The van der Waals surface area contributed by atoms with E-state index in [2.05, 4.69) is 23.5 Å². The maximum Gasteiger partial charge on any atom is 0.214 e. The van der Waals surface area contributed by atoms with Crippen LogP contribution in [0, 0.1) is 6.08 Å². The second kappa shape index (κ2) is 1.83. The van der Waals surface area contributed by atoms with Crippen LogP contribution in [-0.4, -0.2) is 0 Å². The Labute approximate surface area is 60.4 Å². The highest BCUT2D eigenvalue weighted by molar-refractivity contribution is 5.62. The first-order valence-corrected chi connectivity index (χ1v) is 3.33. The third-order valence-corrected chi connectivity index (χ3v) is 1.57. The number of allylic oxidation sites excluding steroid dienone is 1. The van der Waals surface area contributed by atoms with E-state index in [0.29, 0.717) is 0 Å². The molecule has 0 spiro atoms. The van der Waals surface area contributed by atoms with Crippen molar-refractivity contribution in [1.29, 1.82) is 0 Å². The predicted molar refractivity (Wildman–Crippen MR) is 41.6 cm³/mol. The standard InChI is InChI=1S/C9H8N/c1-7-6-8-4-2-3-5-9(8)10-7/h2-5,10H,1H3/q+1. The van der Waals surface area contributed by atoms with Crippen LogP contribution in [0.25, 0.3) is 0 Å². The molecule has 0 aliphatic carbocycles. The minimum atomic E-state index is 1.10. The molecule has 0 radical (unpaired) electrons. The summed E-state index contributed by atoms with van der Waals surface area (Å²) in [6, 6.07) is 8.15. The Balaban J connectivity index is 2.54. The third-order valence-electron chi connectivity index (χ3n) is 1.57. The molecule has 48 valence electrons. The fraction of sp³-hybridized carbons (Fsp3) is 0.111. The van der Waals surface area contributed by atoms with Crippen molar-refractivity contribution in [3.63, 3.8) is 0 Å². The molecule has 0 bridgehead atoms. The van der Waals surface area contributed by atoms with Crippen LogP contribution in [0.3, 0.4) is 0 Å². The van der Waals surface area contributed by atoms with Crippen LogP contribution >= 0.6 is 0 Å². The molecule has 1 aliphatic rings. The molecule has 1 aromatic rings. The minimum absolute atomic E-state index is 1.10. The topological polar surface area (TPSA) is 12.0 Å². The molecule has 1 heterocycles. The van der Waals surface area contributed by atoms with E-state index in [1.54, 1.807) is 0 Å². The van der Waals surface area contributed by atoms with Gasteiger partial charge in [-0.2, -0.15) is 0 Å². The smallest absolute Gasteiger partial charge is 0.214 e. The number of nitrogens with one attached hydrogen (secondary N) is 1. The van der Waals surface area contributed by atoms with Crippen LogP contribution in [-0.2, 0) is 0 Å². The number of para-hydroxylation sites is 1. The Morgan fingerprint density at radius 1 is 1.30 bits per heavy atom. The van der Waals surface area contributed by atoms with Crippen LogP contribution in [0.15, 0.2) is 30.0 Å². The molecule has 1 heteroatoms. The average Bonchev–Trinajstić information content (AvgIpc) is 2.27. The summed E-state index contributed by atoms with van der Waals surface area (Å²) in [5.41, 5.74) is 3.43. The molecule has 10 heavy (non-hydrogen) atoms. The van der Waals surface area contributed by atoms with Gasteiger partial charge in [-0.15, -0.1) is 0 Å². The molecule has 0 saturated heterocycles. The highest BCUT2D eigenvalue weighted by Crippen LogP contribution is 2.23. The van der Waals surface area contributed by atoms with Crippen LogP contribution in [0.4, 0.5) is 5.69 Å². The number of benzene rings is 1. The number of hydrogen-bond donors (Lipinski definition) is 1. The quantitative estimate of drug-likeness (QED) is 0.531. The van der Waals surface area contributed by atoms with Crippen molar-refractivity contribution in [3.8, 4) is 0 Å².